The van der Waals surface area contributed by atoms with E-state index < -0.39 is 0 Å². The van der Waals surface area contributed by atoms with Gasteiger partial charge >= 0.3 is 11.9 Å². The maximum atomic E-state index is 12.1. The summed E-state index contributed by atoms with van der Waals surface area (Å²) in [5.74, 6) is 3.00. The van der Waals surface area contributed by atoms with E-state index in [0.717, 1.165) is 51.6 Å². The molecule has 4 aromatic heterocycles. The Hall–Kier alpha value is -6.34. The zero-order valence-electron chi connectivity index (χ0n) is 37.4. The number of aromatic nitrogens is 4. The highest BCUT2D eigenvalue weighted by Crippen LogP contribution is 2.62. The van der Waals surface area contributed by atoms with E-state index in [1.807, 2.05) is 50.4 Å². The first-order chi connectivity index (χ1) is 31.5. The fraction of sp³-hybridized carbons (Fsp3) is 0.346. The van der Waals surface area contributed by atoms with E-state index >= 15 is 0 Å². The van der Waals surface area contributed by atoms with Gasteiger partial charge in [-0.25, -0.2) is 15.0 Å². The lowest BCUT2D eigenvalue weighted by atomic mass is 9.99. The quantitative estimate of drug-likeness (QED) is 0.0924. The van der Waals surface area contributed by atoms with E-state index in [9.17, 15) is 14.4 Å². The second-order valence-electron chi connectivity index (χ2n) is 16.7. The summed E-state index contributed by atoms with van der Waals surface area (Å²) in [4.78, 5) is 50.3. The van der Waals surface area contributed by atoms with Gasteiger partial charge in [-0.2, -0.15) is 0 Å². The predicted octanol–water partition coefficient (Wildman–Crippen LogP) is 9.27. The number of rotatable bonds is 12. The van der Waals surface area contributed by atoms with Gasteiger partial charge in [0.1, 0.15) is 6.61 Å². The van der Waals surface area contributed by atoms with Crippen LogP contribution in [0.3, 0.4) is 0 Å². The minimum Gasteiger partial charge on any atom is -0.481 e. The van der Waals surface area contributed by atoms with Crippen molar-refractivity contribution in [2.75, 3.05) is 27.4 Å². The third-order valence-electron chi connectivity index (χ3n) is 12.8. The molecule has 0 aliphatic heterocycles. The van der Waals surface area contributed by atoms with E-state index in [0.29, 0.717) is 49.3 Å². The first-order valence-corrected chi connectivity index (χ1v) is 23.1. The maximum Gasteiger partial charge on any atom is 0.309 e. The summed E-state index contributed by atoms with van der Waals surface area (Å²) >= 11 is 3.48. The van der Waals surface area contributed by atoms with Crippen molar-refractivity contribution in [1.82, 2.24) is 19.9 Å². The lowest BCUT2D eigenvalue weighted by molar-refractivity contribution is -0.146. The SMILES string of the molecule is CCOC(=O)[C@H]1[C@@H]2Cc3cc(=O)[nH]cc3[C@@H]21.CCOC(=O)[C@H]1[C@@H]2Cc3cc(OCc4ccc(C)c(-c5ccnc(OC)c5)c4)ncc3[C@@H]21.COc1cc(-c2cc(CBr)ccc2C)ccn1. The van der Waals surface area contributed by atoms with Crippen LogP contribution >= 0.6 is 15.9 Å². The minimum absolute atomic E-state index is 0.00816. The highest BCUT2D eigenvalue weighted by molar-refractivity contribution is 9.08. The van der Waals surface area contributed by atoms with Crippen LogP contribution in [0.2, 0.25) is 0 Å². The molecular formula is C52H53BrN4O8. The number of aryl methyl sites for hydroxylation is 2. The van der Waals surface area contributed by atoms with Gasteiger partial charge in [-0.15, -0.1) is 0 Å². The van der Waals surface area contributed by atoms with E-state index in [4.69, 9.17) is 23.7 Å². The Labute approximate surface area is 387 Å². The number of alkyl halides is 1. The number of benzene rings is 2. The molecule has 2 aromatic carbocycles. The van der Waals surface area contributed by atoms with Gasteiger partial charge in [0.25, 0.3) is 0 Å². The summed E-state index contributed by atoms with van der Waals surface area (Å²) in [5.41, 5.74) is 13.9. The van der Waals surface area contributed by atoms with Crippen molar-refractivity contribution < 1.29 is 33.3 Å². The molecule has 4 aliphatic rings. The van der Waals surface area contributed by atoms with Gasteiger partial charge < -0.3 is 28.7 Å². The number of aromatic amines is 1. The van der Waals surface area contributed by atoms with Crippen molar-refractivity contribution in [3.8, 4) is 39.9 Å². The number of carbonyl (C=O) groups excluding carboxylic acids is 2. The molecule has 10 rings (SSSR count). The number of hydrogen-bond acceptors (Lipinski definition) is 11. The summed E-state index contributed by atoms with van der Waals surface area (Å²) < 4.78 is 26.7. The lowest BCUT2D eigenvalue weighted by Crippen LogP contribution is -2.13. The average Bonchev–Trinajstić information content (AvgIpc) is 4.14. The van der Waals surface area contributed by atoms with Crippen molar-refractivity contribution in [3.63, 3.8) is 0 Å². The van der Waals surface area contributed by atoms with Gasteiger partial charge in [-0.05, 0) is 137 Å². The molecule has 4 heterocycles. The van der Waals surface area contributed by atoms with Crippen LogP contribution < -0.4 is 19.8 Å². The molecule has 0 saturated heterocycles. The van der Waals surface area contributed by atoms with Crippen molar-refractivity contribution in [2.24, 2.45) is 23.7 Å². The first kappa shape index (κ1) is 45.2. The fourth-order valence-corrected chi connectivity index (χ4v) is 9.80. The zero-order valence-corrected chi connectivity index (χ0v) is 39.0. The minimum atomic E-state index is -0.0886. The molecule has 336 valence electrons. The highest BCUT2D eigenvalue weighted by Gasteiger charge is 2.61. The number of H-pyrrole nitrogens is 1. The van der Waals surface area contributed by atoms with Gasteiger partial charge in [0.15, 0.2) is 0 Å². The number of esters is 2. The Morgan fingerprint density at radius 2 is 1.22 bits per heavy atom. The molecule has 2 fully saturated rings. The highest BCUT2D eigenvalue weighted by atomic mass is 79.9. The molecular weight excluding hydrogens is 888 g/mol. The number of nitrogens with one attached hydrogen (secondary N) is 1. The largest absolute Gasteiger partial charge is 0.481 e. The average molecular weight is 942 g/mol. The first-order valence-electron chi connectivity index (χ1n) is 22.0. The summed E-state index contributed by atoms with van der Waals surface area (Å²) in [6, 6.07) is 24.3. The number of hydrogen-bond donors (Lipinski definition) is 1. The van der Waals surface area contributed by atoms with E-state index in [-0.39, 0.29) is 41.2 Å². The van der Waals surface area contributed by atoms with Gasteiger partial charge in [-0.3, -0.25) is 14.4 Å². The smallest absolute Gasteiger partial charge is 0.309 e. The molecule has 2 saturated carbocycles. The summed E-state index contributed by atoms with van der Waals surface area (Å²) in [5, 5.41) is 0.864. The zero-order chi connectivity index (χ0) is 45.8. The van der Waals surface area contributed by atoms with E-state index in [1.54, 1.807) is 38.9 Å². The Kier molecular flexibility index (Phi) is 13.8. The van der Waals surface area contributed by atoms with Gasteiger partial charge in [0.05, 0.1) is 39.3 Å². The second-order valence-corrected chi connectivity index (χ2v) is 17.3. The molecule has 0 unspecified atom stereocenters. The van der Waals surface area contributed by atoms with E-state index in [1.165, 1.54) is 33.4 Å². The Balaban J connectivity index is 0.000000147. The van der Waals surface area contributed by atoms with Gasteiger partial charge in [-0.1, -0.05) is 46.3 Å². The molecule has 0 radical (unpaired) electrons. The molecule has 65 heavy (non-hydrogen) atoms. The van der Waals surface area contributed by atoms with Crippen molar-refractivity contribution in [3.05, 3.63) is 152 Å². The fourth-order valence-electron chi connectivity index (χ4n) is 9.45. The monoisotopic (exact) mass is 940 g/mol. The molecule has 4 aliphatic carbocycles. The maximum absolute atomic E-state index is 12.1. The summed E-state index contributed by atoms with van der Waals surface area (Å²) in [6.45, 7) is 9.17. The Bertz CT molecular complexity index is 2780. The Morgan fingerprint density at radius 3 is 1.77 bits per heavy atom. The van der Waals surface area contributed by atoms with Crippen LogP contribution in [0.5, 0.6) is 17.6 Å². The number of methoxy groups -OCH3 is 2. The third-order valence-corrected chi connectivity index (χ3v) is 13.4. The van der Waals surface area contributed by atoms with Crippen LogP contribution in [0.25, 0.3) is 22.3 Å². The number of carbonyl (C=O) groups is 2. The summed E-state index contributed by atoms with van der Waals surface area (Å²) in [6.07, 6.45) is 8.88. The van der Waals surface area contributed by atoms with Crippen LogP contribution in [0.4, 0.5) is 0 Å². The lowest BCUT2D eigenvalue weighted by Gasteiger charge is -2.12. The molecule has 6 atom stereocenters. The number of halogens is 1. The number of nitrogens with zero attached hydrogens (tertiary/aromatic N) is 3. The number of pyridine rings is 4. The molecule has 0 amide bonds. The molecule has 13 heteroatoms. The second kappa shape index (κ2) is 19.8. The standard InChI is InChI=1S/C26H26N2O4.C14H14BrNO.C12H13NO3/c1-4-31-26(29)25-20-10-18-12-23(28-13-21(18)24(20)25)32-14-16-6-5-15(2)19(9-16)17-7-8-27-22(11-17)30-3;1-10-3-4-11(9-15)7-13(10)12-5-6-16-14(8-12)17-2;1-2-16-12(15)11-7-3-6-4-9(14)13-5-8(6)10(7)11/h5-9,11-13,20,24-25H,4,10,14H2,1-3H3;3-8H,9H2,1-2H3;4-5,7,10-11H,2-3H2,1H3,(H,13,14)/t20-,24-,25+;;7-,10-,11+/m1.1/s1. The number of fused-ring (bicyclic) bond motifs is 6. The molecule has 6 aromatic rings. The van der Waals surface area contributed by atoms with Crippen LogP contribution in [0.1, 0.15) is 70.2 Å². The van der Waals surface area contributed by atoms with Gasteiger partial charge in [0, 0.05) is 66.2 Å². The van der Waals surface area contributed by atoms with Crippen molar-refractivity contribution >= 4 is 27.9 Å². The molecule has 0 bridgehead atoms. The normalized spacial score (nSPS) is 19.9. The van der Waals surface area contributed by atoms with Crippen LogP contribution in [0, 0.1) is 37.5 Å². The van der Waals surface area contributed by atoms with Crippen LogP contribution in [-0.2, 0) is 43.8 Å². The number of ether oxygens (including phenoxy) is 5. The van der Waals surface area contributed by atoms with Crippen LogP contribution in [0.15, 0.2) is 102 Å². The van der Waals surface area contributed by atoms with Crippen molar-refractivity contribution in [2.45, 2.75) is 64.3 Å². The molecule has 0 spiro atoms. The third kappa shape index (κ3) is 9.85. The molecule has 1 N–H and O–H groups in total. The topological polar surface area (TPSA) is 152 Å². The summed E-state index contributed by atoms with van der Waals surface area (Å²) in [7, 11) is 3.25. The molecule has 12 nitrogen and oxygen atoms in total. The predicted molar refractivity (Wildman–Crippen MR) is 250 cm³/mol. The van der Waals surface area contributed by atoms with Crippen molar-refractivity contribution in [1.29, 1.82) is 0 Å². The van der Waals surface area contributed by atoms with Gasteiger partial charge in [0.2, 0.25) is 23.2 Å². The van der Waals surface area contributed by atoms with E-state index in [2.05, 4.69) is 86.1 Å². The Morgan fingerprint density at radius 1 is 0.677 bits per heavy atom. The van der Waals surface area contributed by atoms with Crippen LogP contribution in [-0.4, -0.2) is 59.3 Å².